The lowest BCUT2D eigenvalue weighted by atomic mass is 9.89. The Labute approximate surface area is 102 Å². The molecule has 0 spiro atoms. The number of hydrogen-bond donors (Lipinski definition) is 1. The van der Waals surface area contributed by atoms with Crippen molar-refractivity contribution < 1.29 is 0 Å². The zero-order valence-corrected chi connectivity index (χ0v) is 11.2. The fourth-order valence-corrected chi connectivity index (χ4v) is 3.07. The zero-order valence-electron chi connectivity index (χ0n) is 10.4. The van der Waals surface area contributed by atoms with Gasteiger partial charge in [0, 0.05) is 25.0 Å². The number of aromatic nitrogens is 1. The van der Waals surface area contributed by atoms with Crippen molar-refractivity contribution >= 4 is 11.3 Å². The van der Waals surface area contributed by atoms with E-state index in [-0.39, 0.29) is 0 Å². The summed E-state index contributed by atoms with van der Waals surface area (Å²) in [6.45, 7) is 8.87. The lowest BCUT2D eigenvalue weighted by Gasteiger charge is -2.28. The summed E-state index contributed by atoms with van der Waals surface area (Å²) >= 11 is 1.74. The van der Waals surface area contributed by atoms with Crippen molar-refractivity contribution in [1.82, 2.24) is 15.2 Å². The van der Waals surface area contributed by atoms with Gasteiger partial charge in [0.25, 0.3) is 0 Å². The summed E-state index contributed by atoms with van der Waals surface area (Å²) in [5.41, 5.74) is 1.65. The molecule has 3 nitrogen and oxygen atoms in total. The summed E-state index contributed by atoms with van der Waals surface area (Å²) in [6.07, 6.45) is 1.29. The predicted octanol–water partition coefficient (Wildman–Crippen LogP) is 1.88. The summed E-state index contributed by atoms with van der Waals surface area (Å²) in [4.78, 5) is 6.90. The highest BCUT2D eigenvalue weighted by Gasteiger charge is 2.29. The largest absolute Gasteiger partial charge is 0.316 e. The minimum Gasteiger partial charge on any atom is -0.316 e. The molecule has 1 fully saturated rings. The molecule has 1 atom stereocenters. The van der Waals surface area contributed by atoms with Crippen LogP contribution in [0.1, 0.15) is 24.0 Å². The summed E-state index contributed by atoms with van der Waals surface area (Å²) in [7, 11) is 2.19. The molecule has 1 N–H and O–H groups in total. The van der Waals surface area contributed by atoms with E-state index in [1.807, 2.05) is 0 Å². The molecule has 16 heavy (non-hydrogen) atoms. The molecule has 2 rings (SSSR count). The van der Waals surface area contributed by atoms with E-state index >= 15 is 0 Å². The van der Waals surface area contributed by atoms with Crippen LogP contribution in [0.25, 0.3) is 0 Å². The highest BCUT2D eigenvalue weighted by atomic mass is 32.1. The van der Waals surface area contributed by atoms with Crippen LogP contribution in [0, 0.1) is 12.3 Å². The van der Waals surface area contributed by atoms with Crippen molar-refractivity contribution in [3.05, 3.63) is 16.1 Å². The molecule has 0 saturated carbocycles. The summed E-state index contributed by atoms with van der Waals surface area (Å²) in [5.74, 6) is 0. The lowest BCUT2D eigenvalue weighted by Crippen LogP contribution is -2.34. The van der Waals surface area contributed by atoms with E-state index in [2.05, 4.69) is 41.5 Å². The molecule has 90 valence electrons. The fourth-order valence-electron chi connectivity index (χ4n) is 2.47. The van der Waals surface area contributed by atoms with Crippen LogP contribution >= 0.6 is 11.3 Å². The molecular weight excluding hydrogens is 218 g/mol. The first-order chi connectivity index (χ1) is 7.57. The first-order valence-corrected chi connectivity index (χ1v) is 6.76. The Morgan fingerprint density at radius 1 is 1.62 bits per heavy atom. The molecule has 0 aliphatic carbocycles. The van der Waals surface area contributed by atoms with Crippen molar-refractivity contribution in [3.63, 3.8) is 0 Å². The van der Waals surface area contributed by atoms with E-state index in [1.165, 1.54) is 18.7 Å². The third-order valence-electron chi connectivity index (χ3n) is 3.21. The Balaban J connectivity index is 1.86. The molecule has 0 bridgehead atoms. The van der Waals surface area contributed by atoms with E-state index in [0.717, 1.165) is 24.6 Å². The van der Waals surface area contributed by atoms with Crippen LogP contribution in [0.2, 0.25) is 0 Å². The Morgan fingerprint density at radius 2 is 2.44 bits per heavy atom. The molecule has 0 aromatic carbocycles. The van der Waals surface area contributed by atoms with Crippen molar-refractivity contribution in [2.24, 2.45) is 5.41 Å². The SMILES string of the molecule is Cc1nc(CN(C)CC2(C)CCNC2)cs1. The van der Waals surface area contributed by atoms with Gasteiger partial charge in [0.1, 0.15) is 0 Å². The van der Waals surface area contributed by atoms with Crippen molar-refractivity contribution in [2.75, 3.05) is 26.7 Å². The molecule has 1 aliphatic rings. The van der Waals surface area contributed by atoms with Gasteiger partial charge in [0.05, 0.1) is 10.7 Å². The molecule has 1 aliphatic heterocycles. The monoisotopic (exact) mass is 239 g/mol. The second-order valence-corrected chi connectivity index (χ2v) is 6.33. The molecule has 4 heteroatoms. The average molecular weight is 239 g/mol. The van der Waals surface area contributed by atoms with Crippen LogP contribution < -0.4 is 5.32 Å². The third kappa shape index (κ3) is 3.03. The third-order valence-corrected chi connectivity index (χ3v) is 4.03. The molecule has 0 radical (unpaired) electrons. The van der Waals surface area contributed by atoms with Crippen molar-refractivity contribution in [1.29, 1.82) is 0 Å². The van der Waals surface area contributed by atoms with Gasteiger partial charge in [-0.1, -0.05) is 6.92 Å². The topological polar surface area (TPSA) is 28.2 Å². The summed E-state index contributed by atoms with van der Waals surface area (Å²) in [6, 6.07) is 0. The molecule has 1 unspecified atom stereocenters. The average Bonchev–Trinajstić information content (AvgIpc) is 2.75. The molecule has 0 amide bonds. The van der Waals surface area contributed by atoms with Gasteiger partial charge in [-0.2, -0.15) is 0 Å². The Kier molecular flexibility index (Phi) is 3.62. The van der Waals surface area contributed by atoms with Crippen LogP contribution in [0.3, 0.4) is 0 Å². The Morgan fingerprint density at radius 3 is 3.00 bits per heavy atom. The number of rotatable bonds is 4. The van der Waals surface area contributed by atoms with Gasteiger partial charge >= 0.3 is 0 Å². The van der Waals surface area contributed by atoms with Crippen molar-refractivity contribution in [2.45, 2.75) is 26.8 Å². The van der Waals surface area contributed by atoms with E-state index in [9.17, 15) is 0 Å². The van der Waals surface area contributed by atoms with Crippen LogP contribution in [-0.2, 0) is 6.54 Å². The zero-order chi connectivity index (χ0) is 11.6. The lowest BCUT2D eigenvalue weighted by molar-refractivity contribution is 0.202. The minimum atomic E-state index is 0.444. The standard InChI is InChI=1S/C12H21N3S/c1-10-14-11(7-16-10)6-15(3)9-12(2)4-5-13-8-12/h7,13H,4-6,8-9H2,1-3H3. The van der Waals surface area contributed by atoms with E-state index in [0.29, 0.717) is 5.41 Å². The first-order valence-electron chi connectivity index (χ1n) is 5.88. The highest BCUT2D eigenvalue weighted by molar-refractivity contribution is 7.09. The van der Waals surface area contributed by atoms with Gasteiger partial charge < -0.3 is 5.32 Å². The van der Waals surface area contributed by atoms with Gasteiger partial charge in [0.15, 0.2) is 0 Å². The first kappa shape index (κ1) is 12.0. The van der Waals surface area contributed by atoms with Crippen LogP contribution in [-0.4, -0.2) is 36.6 Å². The molecule has 2 heterocycles. The van der Waals surface area contributed by atoms with E-state index < -0.39 is 0 Å². The molecule has 1 aromatic heterocycles. The van der Waals surface area contributed by atoms with Gasteiger partial charge in [-0.05, 0) is 32.4 Å². The van der Waals surface area contributed by atoms with Crippen LogP contribution in [0.15, 0.2) is 5.38 Å². The van der Waals surface area contributed by atoms with Crippen LogP contribution in [0.4, 0.5) is 0 Å². The van der Waals surface area contributed by atoms with Gasteiger partial charge in [-0.3, -0.25) is 4.90 Å². The number of aryl methyl sites for hydroxylation is 1. The minimum absolute atomic E-state index is 0.444. The van der Waals surface area contributed by atoms with E-state index in [4.69, 9.17) is 0 Å². The van der Waals surface area contributed by atoms with Crippen LogP contribution in [0.5, 0.6) is 0 Å². The second-order valence-electron chi connectivity index (χ2n) is 5.27. The number of thiazole rings is 1. The summed E-state index contributed by atoms with van der Waals surface area (Å²) < 4.78 is 0. The fraction of sp³-hybridized carbons (Fsp3) is 0.750. The highest BCUT2D eigenvalue weighted by Crippen LogP contribution is 2.25. The molecular formula is C12H21N3S. The van der Waals surface area contributed by atoms with Gasteiger partial charge in [-0.25, -0.2) is 4.98 Å². The number of hydrogen-bond acceptors (Lipinski definition) is 4. The Hall–Kier alpha value is -0.450. The Bertz CT molecular complexity index is 342. The molecule has 1 aromatic rings. The maximum Gasteiger partial charge on any atom is 0.0897 e. The predicted molar refractivity (Wildman–Crippen MR) is 68.8 cm³/mol. The second kappa shape index (κ2) is 4.82. The number of nitrogens with zero attached hydrogens (tertiary/aromatic N) is 2. The van der Waals surface area contributed by atoms with Gasteiger partial charge in [0.2, 0.25) is 0 Å². The summed E-state index contributed by atoms with van der Waals surface area (Å²) in [5, 5.41) is 6.78. The quantitative estimate of drug-likeness (QED) is 0.869. The normalized spacial score (nSPS) is 25.5. The molecule has 1 saturated heterocycles. The van der Waals surface area contributed by atoms with E-state index in [1.54, 1.807) is 11.3 Å². The number of nitrogens with one attached hydrogen (secondary N) is 1. The van der Waals surface area contributed by atoms with Gasteiger partial charge in [-0.15, -0.1) is 11.3 Å². The smallest absolute Gasteiger partial charge is 0.0897 e. The maximum absolute atomic E-state index is 4.51. The maximum atomic E-state index is 4.51. The van der Waals surface area contributed by atoms with Crippen molar-refractivity contribution in [3.8, 4) is 0 Å².